The molecular formula is C11H23N. The summed E-state index contributed by atoms with van der Waals surface area (Å²) < 4.78 is 0. The fraction of sp³-hybridized carbons (Fsp3) is 1.00. The summed E-state index contributed by atoms with van der Waals surface area (Å²) >= 11 is 0. The zero-order valence-corrected chi connectivity index (χ0v) is 8.60. The molecule has 0 aromatic rings. The van der Waals surface area contributed by atoms with E-state index in [1.807, 2.05) is 0 Å². The van der Waals surface area contributed by atoms with Crippen LogP contribution in [0.2, 0.25) is 0 Å². The molecule has 2 unspecified atom stereocenters. The lowest BCUT2D eigenvalue weighted by Crippen LogP contribution is -2.26. The summed E-state index contributed by atoms with van der Waals surface area (Å²) in [5, 5.41) is 3.46. The summed E-state index contributed by atoms with van der Waals surface area (Å²) in [7, 11) is 0. The van der Waals surface area contributed by atoms with Crippen molar-refractivity contribution < 1.29 is 0 Å². The van der Waals surface area contributed by atoms with Crippen LogP contribution < -0.4 is 5.32 Å². The molecule has 0 aromatic carbocycles. The molecule has 1 heteroatoms. The van der Waals surface area contributed by atoms with Crippen molar-refractivity contribution in [3.05, 3.63) is 0 Å². The van der Waals surface area contributed by atoms with Gasteiger partial charge in [-0.25, -0.2) is 0 Å². The van der Waals surface area contributed by atoms with E-state index in [0.717, 1.165) is 18.4 Å². The maximum Gasteiger partial charge on any atom is -0.00205 e. The van der Waals surface area contributed by atoms with Gasteiger partial charge in [0.2, 0.25) is 0 Å². The van der Waals surface area contributed by atoms with Gasteiger partial charge < -0.3 is 5.32 Å². The van der Waals surface area contributed by atoms with E-state index in [4.69, 9.17) is 0 Å². The lowest BCUT2D eigenvalue weighted by Gasteiger charge is -2.28. The van der Waals surface area contributed by atoms with Gasteiger partial charge in [-0.1, -0.05) is 33.1 Å². The van der Waals surface area contributed by atoms with Gasteiger partial charge in [-0.15, -0.1) is 0 Å². The van der Waals surface area contributed by atoms with Crippen LogP contribution in [0.15, 0.2) is 0 Å². The molecule has 1 N–H and O–H groups in total. The highest BCUT2D eigenvalue weighted by atomic mass is 14.8. The summed E-state index contributed by atoms with van der Waals surface area (Å²) in [6, 6.07) is 0. The highest BCUT2D eigenvalue weighted by Gasteiger charge is 2.19. The van der Waals surface area contributed by atoms with Crippen molar-refractivity contribution >= 4 is 0 Å². The molecule has 0 aromatic heterocycles. The van der Waals surface area contributed by atoms with Crippen LogP contribution >= 0.6 is 0 Å². The quantitative estimate of drug-likeness (QED) is 0.682. The molecule has 1 rings (SSSR count). The third kappa shape index (κ3) is 3.14. The highest BCUT2D eigenvalue weighted by molar-refractivity contribution is 4.73. The molecule has 1 saturated carbocycles. The Morgan fingerprint density at radius 1 is 1.17 bits per heavy atom. The molecule has 0 heterocycles. The van der Waals surface area contributed by atoms with Crippen LogP contribution in [0.5, 0.6) is 0 Å². The number of hydrogen-bond acceptors (Lipinski definition) is 1. The molecule has 72 valence electrons. The maximum absolute atomic E-state index is 3.46. The van der Waals surface area contributed by atoms with E-state index >= 15 is 0 Å². The van der Waals surface area contributed by atoms with E-state index in [1.54, 1.807) is 0 Å². The minimum atomic E-state index is 0.976. The van der Waals surface area contributed by atoms with Gasteiger partial charge in [0.15, 0.2) is 0 Å². The summed E-state index contributed by atoms with van der Waals surface area (Å²) in [4.78, 5) is 0. The first-order valence-electron chi connectivity index (χ1n) is 5.57. The van der Waals surface area contributed by atoms with Crippen LogP contribution in [-0.2, 0) is 0 Å². The van der Waals surface area contributed by atoms with Gasteiger partial charge in [0.05, 0.1) is 0 Å². The average molecular weight is 169 g/mol. The van der Waals surface area contributed by atoms with Gasteiger partial charge in [0, 0.05) is 0 Å². The molecule has 0 saturated heterocycles. The molecule has 0 amide bonds. The van der Waals surface area contributed by atoms with Crippen molar-refractivity contribution in [3.8, 4) is 0 Å². The third-order valence-corrected chi connectivity index (χ3v) is 3.15. The average Bonchev–Trinajstić information content (AvgIpc) is 2.15. The molecular weight excluding hydrogens is 146 g/mol. The minimum absolute atomic E-state index is 0.976. The Balaban J connectivity index is 2.16. The monoisotopic (exact) mass is 169 g/mol. The molecule has 1 aliphatic rings. The lowest BCUT2D eigenvalue weighted by atomic mass is 9.80. The van der Waals surface area contributed by atoms with Crippen LogP contribution in [0.1, 0.15) is 46.0 Å². The molecule has 1 nitrogen and oxygen atoms in total. The van der Waals surface area contributed by atoms with Gasteiger partial charge in [-0.2, -0.15) is 0 Å². The predicted octanol–water partition coefficient (Wildman–Crippen LogP) is 2.81. The normalized spacial score (nSPS) is 30.5. The summed E-state index contributed by atoms with van der Waals surface area (Å²) in [5.41, 5.74) is 0. The van der Waals surface area contributed by atoms with Crippen molar-refractivity contribution in [2.24, 2.45) is 11.8 Å². The largest absolute Gasteiger partial charge is 0.317 e. The summed E-state index contributed by atoms with van der Waals surface area (Å²) in [6.07, 6.45) is 7.28. The van der Waals surface area contributed by atoms with Crippen molar-refractivity contribution in [2.45, 2.75) is 46.0 Å². The Morgan fingerprint density at radius 3 is 2.58 bits per heavy atom. The second-order valence-electron chi connectivity index (χ2n) is 4.11. The van der Waals surface area contributed by atoms with Crippen molar-refractivity contribution in [3.63, 3.8) is 0 Å². The van der Waals surface area contributed by atoms with E-state index in [2.05, 4.69) is 19.2 Å². The molecule has 0 aliphatic heterocycles. The lowest BCUT2D eigenvalue weighted by molar-refractivity contribution is 0.255. The van der Waals surface area contributed by atoms with Gasteiger partial charge >= 0.3 is 0 Å². The Hall–Kier alpha value is -0.0400. The first-order valence-corrected chi connectivity index (χ1v) is 5.57. The van der Waals surface area contributed by atoms with Gasteiger partial charge in [0.1, 0.15) is 0 Å². The second kappa shape index (κ2) is 5.58. The van der Waals surface area contributed by atoms with Crippen molar-refractivity contribution in [1.29, 1.82) is 0 Å². The highest BCUT2D eigenvalue weighted by Crippen LogP contribution is 2.30. The van der Waals surface area contributed by atoms with E-state index in [-0.39, 0.29) is 0 Å². The summed E-state index contributed by atoms with van der Waals surface area (Å²) in [6.45, 7) is 6.92. The zero-order valence-electron chi connectivity index (χ0n) is 8.60. The molecule has 0 spiro atoms. The second-order valence-corrected chi connectivity index (χ2v) is 4.11. The third-order valence-electron chi connectivity index (χ3n) is 3.15. The molecule has 0 bridgehead atoms. The predicted molar refractivity (Wildman–Crippen MR) is 54.3 cm³/mol. The standard InChI is InChI=1S/C11H23N/c1-3-10-6-5-7-11(8-10)9-12-4-2/h10-12H,3-9H2,1-2H3. The fourth-order valence-electron chi connectivity index (χ4n) is 2.31. The molecule has 2 atom stereocenters. The Bertz CT molecular complexity index is 112. The SMILES string of the molecule is CCNCC1CCCC(CC)C1. The van der Waals surface area contributed by atoms with E-state index in [0.29, 0.717) is 0 Å². The molecule has 0 radical (unpaired) electrons. The number of hydrogen-bond donors (Lipinski definition) is 1. The number of rotatable bonds is 4. The molecule has 1 aliphatic carbocycles. The van der Waals surface area contributed by atoms with E-state index in [9.17, 15) is 0 Å². The van der Waals surface area contributed by atoms with Crippen LogP contribution in [0.3, 0.4) is 0 Å². The van der Waals surface area contributed by atoms with Crippen molar-refractivity contribution in [1.82, 2.24) is 5.32 Å². The summed E-state index contributed by atoms with van der Waals surface area (Å²) in [5.74, 6) is 2.01. The van der Waals surface area contributed by atoms with E-state index < -0.39 is 0 Å². The fourth-order valence-corrected chi connectivity index (χ4v) is 2.31. The molecule has 12 heavy (non-hydrogen) atoms. The smallest absolute Gasteiger partial charge is 0.00205 e. The Labute approximate surface area is 76.9 Å². The minimum Gasteiger partial charge on any atom is -0.317 e. The Morgan fingerprint density at radius 2 is 1.92 bits per heavy atom. The van der Waals surface area contributed by atoms with Crippen LogP contribution in [-0.4, -0.2) is 13.1 Å². The van der Waals surface area contributed by atoms with Crippen molar-refractivity contribution in [2.75, 3.05) is 13.1 Å². The van der Waals surface area contributed by atoms with Crippen LogP contribution in [0, 0.1) is 11.8 Å². The first-order chi connectivity index (χ1) is 5.86. The molecule has 1 fully saturated rings. The van der Waals surface area contributed by atoms with Crippen LogP contribution in [0.25, 0.3) is 0 Å². The Kier molecular flexibility index (Phi) is 4.67. The van der Waals surface area contributed by atoms with Gasteiger partial charge in [-0.3, -0.25) is 0 Å². The zero-order chi connectivity index (χ0) is 8.81. The maximum atomic E-state index is 3.46. The number of nitrogens with one attached hydrogen (secondary N) is 1. The van der Waals surface area contributed by atoms with Crippen LogP contribution in [0.4, 0.5) is 0 Å². The first kappa shape index (κ1) is 10.0. The van der Waals surface area contributed by atoms with E-state index in [1.165, 1.54) is 38.6 Å². The van der Waals surface area contributed by atoms with Gasteiger partial charge in [-0.05, 0) is 37.8 Å². The topological polar surface area (TPSA) is 12.0 Å². The van der Waals surface area contributed by atoms with Gasteiger partial charge in [0.25, 0.3) is 0 Å².